The number of nitrogens with one attached hydrogen (secondary N) is 1. The molecule has 0 bridgehead atoms. The molecule has 5 heteroatoms. The number of hydrogen-bond acceptors (Lipinski definition) is 2. The van der Waals surface area contributed by atoms with Gasteiger partial charge in [-0.3, -0.25) is 4.79 Å². The number of nitrogens with zero attached hydrogens (tertiary/aromatic N) is 1. The maximum atomic E-state index is 12.2. The van der Waals surface area contributed by atoms with Crippen molar-refractivity contribution in [3.8, 4) is 0 Å². The van der Waals surface area contributed by atoms with Gasteiger partial charge in [0, 0.05) is 23.5 Å². The van der Waals surface area contributed by atoms with E-state index in [-0.39, 0.29) is 11.9 Å². The normalized spacial score (nSPS) is 24.1. The quantitative estimate of drug-likeness (QED) is 0.796. The van der Waals surface area contributed by atoms with Gasteiger partial charge in [-0.2, -0.15) is 0 Å². The highest BCUT2D eigenvalue weighted by Crippen LogP contribution is 2.36. The molecule has 1 saturated heterocycles. The molecule has 0 aliphatic carbocycles. The Kier molecular flexibility index (Phi) is 5.16. The first-order valence-electron chi connectivity index (χ1n) is 6.75. The first kappa shape index (κ1) is 15.9. The van der Waals surface area contributed by atoms with Gasteiger partial charge in [0.05, 0.1) is 6.16 Å². The van der Waals surface area contributed by atoms with Crippen LogP contribution in [0.1, 0.15) is 53.4 Å². The Morgan fingerprint density at radius 1 is 1.28 bits per heavy atom. The number of amides is 1. The van der Waals surface area contributed by atoms with Crippen molar-refractivity contribution < 1.29 is 10.0 Å². The molecule has 18 heavy (non-hydrogen) atoms. The van der Waals surface area contributed by atoms with Crippen molar-refractivity contribution >= 4 is 15.1 Å². The summed E-state index contributed by atoms with van der Waals surface area (Å²) in [5.74, 6) is 0.123. The summed E-state index contributed by atoms with van der Waals surface area (Å²) in [4.78, 5) is 11.8. The molecule has 1 N–H and O–H groups in total. The summed E-state index contributed by atoms with van der Waals surface area (Å²) < 4.78 is 0. The summed E-state index contributed by atoms with van der Waals surface area (Å²) in [7, 11) is 1.90. The zero-order valence-electron chi connectivity index (χ0n) is 12.1. The SMILES string of the molecule is CC1(C)CC(NC(=O)CCC[PH3+])CC(C)(C)N1[O]. The maximum Gasteiger partial charge on any atom is 0.220 e. The van der Waals surface area contributed by atoms with E-state index in [1.165, 1.54) is 5.06 Å². The van der Waals surface area contributed by atoms with Crippen LogP contribution in [-0.4, -0.2) is 34.3 Å². The molecule has 1 rings (SSSR count). The Hall–Kier alpha value is -0.180. The van der Waals surface area contributed by atoms with Gasteiger partial charge in [0.15, 0.2) is 0 Å². The van der Waals surface area contributed by atoms with Crippen molar-refractivity contribution in [3.63, 3.8) is 0 Å². The number of piperidine rings is 1. The van der Waals surface area contributed by atoms with Gasteiger partial charge in [0.2, 0.25) is 5.91 Å². The molecule has 4 nitrogen and oxygen atoms in total. The zero-order chi connectivity index (χ0) is 14.0. The molecule has 1 fully saturated rings. The minimum Gasteiger partial charge on any atom is -0.353 e. The number of carbonyl (C=O) groups is 1. The molecule has 0 spiro atoms. The summed E-state index contributed by atoms with van der Waals surface area (Å²) in [6.07, 6.45) is 4.04. The van der Waals surface area contributed by atoms with Crippen LogP contribution in [0.5, 0.6) is 0 Å². The number of hydroxylamine groups is 2. The largest absolute Gasteiger partial charge is 0.353 e. The van der Waals surface area contributed by atoms with Gasteiger partial charge >= 0.3 is 0 Å². The van der Waals surface area contributed by atoms with Crippen LogP contribution in [0.2, 0.25) is 0 Å². The highest BCUT2D eigenvalue weighted by molar-refractivity contribution is 7.16. The van der Waals surface area contributed by atoms with Crippen LogP contribution in [0.25, 0.3) is 0 Å². The predicted octanol–water partition coefficient (Wildman–Crippen LogP) is 1.86. The second kappa shape index (κ2) is 5.85. The molecule has 1 aliphatic heterocycles. The first-order valence-corrected chi connectivity index (χ1v) is 7.75. The van der Waals surface area contributed by atoms with E-state index in [2.05, 4.69) is 5.32 Å². The van der Waals surface area contributed by atoms with Crippen molar-refractivity contribution in [1.29, 1.82) is 0 Å². The third-order valence-electron chi connectivity index (χ3n) is 3.61. The van der Waals surface area contributed by atoms with E-state index >= 15 is 0 Å². The van der Waals surface area contributed by atoms with Crippen molar-refractivity contribution in [3.05, 3.63) is 0 Å². The molecule has 0 aromatic carbocycles. The standard InChI is InChI=1S/C13H26N2O2P/c1-12(2)8-10(9-13(3,4)15(12)17)14-11(16)6-5-7-18/h10H,5-9,18H2,1-4H3,(H,14,16)/p+1. The van der Waals surface area contributed by atoms with Gasteiger partial charge in [-0.15, -0.1) is 10.3 Å². The molecule has 1 radical (unpaired) electrons. The summed E-state index contributed by atoms with van der Waals surface area (Å²) in [5, 5.41) is 16.5. The predicted molar refractivity (Wildman–Crippen MR) is 77.1 cm³/mol. The van der Waals surface area contributed by atoms with Crippen molar-refractivity contribution in [1.82, 2.24) is 10.4 Å². The molecule has 105 valence electrons. The van der Waals surface area contributed by atoms with Gasteiger partial charge in [-0.25, -0.2) is 0 Å². The Morgan fingerprint density at radius 2 is 1.78 bits per heavy atom. The summed E-state index contributed by atoms with van der Waals surface area (Å²) in [6.45, 7) is 7.81. The fourth-order valence-corrected chi connectivity index (χ4v) is 3.20. The van der Waals surface area contributed by atoms with E-state index in [9.17, 15) is 10.0 Å². The molecule has 1 atom stereocenters. The fraction of sp³-hybridized carbons (Fsp3) is 0.923. The van der Waals surface area contributed by atoms with E-state index in [4.69, 9.17) is 0 Å². The van der Waals surface area contributed by atoms with E-state index in [1.54, 1.807) is 0 Å². The van der Waals surface area contributed by atoms with E-state index < -0.39 is 11.1 Å². The lowest BCUT2D eigenvalue weighted by Gasteiger charge is -2.50. The van der Waals surface area contributed by atoms with Crippen LogP contribution >= 0.6 is 9.24 Å². The minimum atomic E-state index is -0.411. The maximum absolute atomic E-state index is 12.2. The molecule has 1 heterocycles. The molecule has 0 saturated carbocycles. The number of rotatable bonds is 4. The minimum absolute atomic E-state index is 0.118. The van der Waals surface area contributed by atoms with Crippen LogP contribution in [-0.2, 0) is 10.0 Å². The highest BCUT2D eigenvalue weighted by Gasteiger charge is 2.46. The average Bonchev–Trinajstić information content (AvgIpc) is 2.22. The summed E-state index contributed by atoms with van der Waals surface area (Å²) >= 11 is 0. The molecule has 1 unspecified atom stereocenters. The van der Waals surface area contributed by atoms with Crippen LogP contribution in [0.3, 0.4) is 0 Å². The number of hydrogen-bond donors (Lipinski definition) is 1. The lowest BCUT2D eigenvalue weighted by atomic mass is 9.79. The zero-order valence-corrected chi connectivity index (χ0v) is 13.5. The van der Waals surface area contributed by atoms with Gasteiger partial charge in [-0.1, -0.05) is 0 Å². The molecule has 1 aliphatic rings. The average molecular weight is 274 g/mol. The van der Waals surface area contributed by atoms with E-state index in [0.29, 0.717) is 6.42 Å². The van der Waals surface area contributed by atoms with Crippen LogP contribution in [0, 0.1) is 0 Å². The third kappa shape index (κ3) is 3.91. The second-order valence-corrected chi connectivity index (χ2v) is 7.26. The van der Waals surface area contributed by atoms with Gasteiger partial charge in [0.25, 0.3) is 0 Å². The smallest absolute Gasteiger partial charge is 0.220 e. The Labute approximate surface area is 113 Å². The summed E-state index contributed by atoms with van der Waals surface area (Å²) in [5.41, 5.74) is -0.822. The van der Waals surface area contributed by atoms with Crippen molar-refractivity contribution in [2.45, 2.75) is 70.5 Å². The van der Waals surface area contributed by atoms with E-state index in [1.807, 2.05) is 36.9 Å². The highest BCUT2D eigenvalue weighted by atomic mass is 31.0. The van der Waals surface area contributed by atoms with Gasteiger partial charge in [-0.05, 0) is 56.2 Å². The Bertz CT molecular complexity index is 287. The molecular weight excluding hydrogens is 247 g/mol. The van der Waals surface area contributed by atoms with E-state index in [0.717, 1.165) is 25.4 Å². The summed E-state index contributed by atoms with van der Waals surface area (Å²) in [6, 6.07) is 0.118. The van der Waals surface area contributed by atoms with Gasteiger partial charge < -0.3 is 5.32 Å². The van der Waals surface area contributed by atoms with Crippen molar-refractivity contribution in [2.75, 3.05) is 6.16 Å². The lowest BCUT2D eigenvalue weighted by Crippen LogP contribution is -2.62. The van der Waals surface area contributed by atoms with Crippen LogP contribution in [0.4, 0.5) is 0 Å². The second-order valence-electron chi connectivity index (χ2n) is 6.55. The molecular formula is C13H27N2O2P+. The monoisotopic (exact) mass is 274 g/mol. The van der Waals surface area contributed by atoms with Crippen LogP contribution < -0.4 is 5.32 Å². The van der Waals surface area contributed by atoms with Crippen LogP contribution in [0.15, 0.2) is 0 Å². The Balaban J connectivity index is 2.61. The third-order valence-corrected chi connectivity index (χ3v) is 4.11. The molecule has 0 aromatic heterocycles. The Morgan fingerprint density at radius 3 is 2.22 bits per heavy atom. The topological polar surface area (TPSA) is 52.2 Å². The number of carbonyl (C=O) groups excluding carboxylic acids is 1. The van der Waals surface area contributed by atoms with Gasteiger partial charge in [0.1, 0.15) is 0 Å². The molecule has 0 aromatic rings. The molecule has 1 amide bonds. The van der Waals surface area contributed by atoms with Crippen molar-refractivity contribution in [2.24, 2.45) is 0 Å². The first-order chi connectivity index (χ1) is 8.19. The fourth-order valence-electron chi connectivity index (χ4n) is 2.95. The lowest BCUT2D eigenvalue weighted by molar-refractivity contribution is -0.290.